The van der Waals surface area contributed by atoms with Crippen molar-refractivity contribution in [3.63, 3.8) is 0 Å². The molecule has 0 aliphatic carbocycles. The summed E-state index contributed by atoms with van der Waals surface area (Å²) in [5.41, 5.74) is 9.60. The van der Waals surface area contributed by atoms with E-state index in [2.05, 4.69) is 20.3 Å². The lowest BCUT2D eigenvalue weighted by atomic mass is 10.2. The Balaban J connectivity index is 1.87. The lowest BCUT2D eigenvalue weighted by molar-refractivity contribution is 0.194. The summed E-state index contributed by atoms with van der Waals surface area (Å²) in [5, 5.41) is 11.4. The van der Waals surface area contributed by atoms with Crippen molar-refractivity contribution in [1.82, 2.24) is 24.8 Å². The zero-order chi connectivity index (χ0) is 19.7. The van der Waals surface area contributed by atoms with Crippen molar-refractivity contribution in [2.24, 2.45) is 0 Å². The third kappa shape index (κ3) is 3.33. The molecule has 0 bridgehead atoms. The van der Waals surface area contributed by atoms with Gasteiger partial charge in [0.15, 0.2) is 11.5 Å². The summed E-state index contributed by atoms with van der Waals surface area (Å²) in [6, 6.07) is 14.5. The minimum absolute atomic E-state index is 0.215. The van der Waals surface area contributed by atoms with E-state index in [9.17, 15) is 4.79 Å². The van der Waals surface area contributed by atoms with Gasteiger partial charge in [0.05, 0.1) is 5.56 Å². The Morgan fingerprint density at radius 3 is 2.64 bits per heavy atom. The van der Waals surface area contributed by atoms with Gasteiger partial charge in [0.2, 0.25) is 0 Å². The summed E-state index contributed by atoms with van der Waals surface area (Å²) >= 11 is 6.11. The van der Waals surface area contributed by atoms with Crippen LogP contribution in [-0.2, 0) is 6.54 Å². The van der Waals surface area contributed by atoms with Crippen molar-refractivity contribution in [2.45, 2.75) is 6.54 Å². The highest BCUT2D eigenvalue weighted by atomic mass is 35.5. The van der Waals surface area contributed by atoms with E-state index in [4.69, 9.17) is 22.4 Å². The molecule has 4 rings (SSSR count). The minimum atomic E-state index is -1.07. The molecule has 0 fully saturated rings. The highest BCUT2D eigenvalue weighted by Crippen LogP contribution is 2.30. The van der Waals surface area contributed by atoms with Crippen LogP contribution in [0.2, 0.25) is 5.15 Å². The normalized spacial score (nSPS) is 10.9. The molecule has 0 saturated carbocycles. The maximum absolute atomic E-state index is 10.7. The number of hydrogen-bond donors (Lipinski definition) is 3. The third-order valence-electron chi connectivity index (χ3n) is 4.19. The number of rotatable bonds is 4. The van der Waals surface area contributed by atoms with E-state index in [1.165, 1.54) is 0 Å². The Labute approximate surface area is 164 Å². The van der Waals surface area contributed by atoms with Gasteiger partial charge in [-0.3, -0.25) is 4.57 Å². The van der Waals surface area contributed by atoms with Gasteiger partial charge in [0.25, 0.3) is 0 Å². The standard InChI is InChI=1S/C19H15ClN6O2/c20-15-8-7-14-18(25-15)26(17(24-14)13-2-1-9-22-16(13)21)12-5-3-11(4-6-12)10-23-19(27)28/h1-9,23H,10H2,(H2,21,22)(H,27,28). The van der Waals surface area contributed by atoms with Crippen molar-refractivity contribution in [1.29, 1.82) is 0 Å². The van der Waals surface area contributed by atoms with Crippen LogP contribution in [0.5, 0.6) is 0 Å². The van der Waals surface area contributed by atoms with E-state index in [0.717, 1.165) is 11.3 Å². The molecule has 140 valence electrons. The van der Waals surface area contributed by atoms with Crippen LogP contribution >= 0.6 is 11.6 Å². The average Bonchev–Trinajstić information content (AvgIpc) is 3.05. The summed E-state index contributed by atoms with van der Waals surface area (Å²) in [7, 11) is 0. The molecular weight excluding hydrogens is 380 g/mol. The number of hydrogen-bond acceptors (Lipinski definition) is 5. The molecule has 9 heteroatoms. The van der Waals surface area contributed by atoms with Gasteiger partial charge < -0.3 is 16.2 Å². The SMILES string of the molecule is Nc1ncccc1-c1nc2ccc(Cl)nc2n1-c1ccc(CNC(=O)O)cc1. The van der Waals surface area contributed by atoms with Crippen LogP contribution < -0.4 is 11.1 Å². The van der Waals surface area contributed by atoms with Gasteiger partial charge >= 0.3 is 6.09 Å². The van der Waals surface area contributed by atoms with E-state index in [1.54, 1.807) is 24.4 Å². The fraction of sp³-hybridized carbons (Fsp3) is 0.0526. The van der Waals surface area contributed by atoms with Crippen molar-refractivity contribution in [3.8, 4) is 17.1 Å². The number of aromatic nitrogens is 4. The summed E-state index contributed by atoms with van der Waals surface area (Å²) in [5.74, 6) is 0.944. The highest BCUT2D eigenvalue weighted by molar-refractivity contribution is 6.29. The van der Waals surface area contributed by atoms with Gasteiger partial charge in [-0.05, 0) is 42.0 Å². The van der Waals surface area contributed by atoms with Gasteiger partial charge in [0, 0.05) is 18.4 Å². The summed E-state index contributed by atoms with van der Waals surface area (Å²) in [4.78, 5) is 23.9. The molecule has 0 saturated heterocycles. The predicted octanol–water partition coefficient (Wildman–Crippen LogP) is 3.49. The number of fused-ring (bicyclic) bond motifs is 1. The van der Waals surface area contributed by atoms with E-state index in [1.807, 2.05) is 34.9 Å². The predicted molar refractivity (Wildman–Crippen MR) is 106 cm³/mol. The number of pyridine rings is 2. The summed E-state index contributed by atoms with van der Waals surface area (Å²) < 4.78 is 1.85. The molecule has 0 unspecified atom stereocenters. The molecule has 1 aromatic carbocycles. The fourth-order valence-corrected chi connectivity index (χ4v) is 3.05. The first kappa shape index (κ1) is 17.7. The number of nitrogens with two attached hydrogens (primary N) is 1. The number of imidazole rings is 1. The molecule has 4 aromatic rings. The Morgan fingerprint density at radius 1 is 1.14 bits per heavy atom. The number of amides is 1. The smallest absolute Gasteiger partial charge is 0.404 e. The molecule has 3 aromatic heterocycles. The Hall–Kier alpha value is -3.65. The lowest BCUT2D eigenvalue weighted by Crippen LogP contribution is -2.19. The van der Waals surface area contributed by atoms with Gasteiger partial charge in [-0.2, -0.15) is 0 Å². The largest absolute Gasteiger partial charge is 0.465 e. The third-order valence-corrected chi connectivity index (χ3v) is 4.40. The zero-order valence-electron chi connectivity index (χ0n) is 14.5. The molecule has 3 heterocycles. The van der Waals surface area contributed by atoms with Crippen molar-refractivity contribution >= 4 is 34.7 Å². The monoisotopic (exact) mass is 394 g/mol. The van der Waals surface area contributed by atoms with Crippen LogP contribution in [0.4, 0.5) is 10.6 Å². The average molecular weight is 395 g/mol. The molecule has 0 radical (unpaired) electrons. The number of halogens is 1. The topological polar surface area (TPSA) is 119 Å². The molecule has 0 aliphatic rings. The van der Waals surface area contributed by atoms with Crippen LogP contribution in [0.15, 0.2) is 54.7 Å². The molecule has 1 amide bonds. The van der Waals surface area contributed by atoms with Gasteiger partial charge in [-0.25, -0.2) is 19.7 Å². The lowest BCUT2D eigenvalue weighted by Gasteiger charge is -2.11. The summed E-state index contributed by atoms with van der Waals surface area (Å²) in [6.45, 7) is 0.215. The second-order valence-corrected chi connectivity index (χ2v) is 6.40. The maximum atomic E-state index is 10.7. The van der Waals surface area contributed by atoms with Crippen LogP contribution in [0.25, 0.3) is 28.2 Å². The minimum Gasteiger partial charge on any atom is -0.465 e. The van der Waals surface area contributed by atoms with Crippen molar-refractivity contribution < 1.29 is 9.90 Å². The molecular formula is C19H15ClN6O2. The van der Waals surface area contributed by atoms with Crippen LogP contribution in [0, 0.1) is 0 Å². The van der Waals surface area contributed by atoms with Gasteiger partial charge in [-0.15, -0.1) is 0 Å². The summed E-state index contributed by atoms with van der Waals surface area (Å²) in [6.07, 6.45) is 0.545. The zero-order valence-corrected chi connectivity index (χ0v) is 15.3. The number of nitrogen functional groups attached to an aromatic ring is 1. The van der Waals surface area contributed by atoms with Crippen molar-refractivity contribution in [2.75, 3.05) is 5.73 Å². The quantitative estimate of drug-likeness (QED) is 0.456. The number of carbonyl (C=O) groups is 1. The van der Waals surface area contributed by atoms with E-state index in [-0.39, 0.29) is 6.54 Å². The molecule has 8 nitrogen and oxygen atoms in total. The number of nitrogens with one attached hydrogen (secondary N) is 1. The molecule has 0 atom stereocenters. The first-order valence-corrected chi connectivity index (χ1v) is 8.72. The first-order chi connectivity index (χ1) is 13.5. The molecule has 4 N–H and O–H groups in total. The molecule has 0 spiro atoms. The second-order valence-electron chi connectivity index (χ2n) is 6.01. The van der Waals surface area contributed by atoms with E-state index < -0.39 is 6.09 Å². The number of benzene rings is 1. The highest BCUT2D eigenvalue weighted by Gasteiger charge is 2.18. The van der Waals surface area contributed by atoms with Crippen LogP contribution in [-0.4, -0.2) is 30.7 Å². The van der Waals surface area contributed by atoms with Crippen LogP contribution in [0.3, 0.4) is 0 Å². The number of carboxylic acid groups (broad SMARTS) is 1. The Morgan fingerprint density at radius 2 is 1.93 bits per heavy atom. The Kier molecular flexibility index (Phi) is 4.54. The maximum Gasteiger partial charge on any atom is 0.404 e. The molecule has 28 heavy (non-hydrogen) atoms. The number of nitrogens with zero attached hydrogens (tertiary/aromatic N) is 4. The number of anilines is 1. The van der Waals surface area contributed by atoms with E-state index >= 15 is 0 Å². The van der Waals surface area contributed by atoms with Gasteiger partial charge in [-0.1, -0.05) is 23.7 Å². The molecule has 0 aliphatic heterocycles. The second kappa shape index (κ2) is 7.16. The van der Waals surface area contributed by atoms with Crippen LogP contribution in [0.1, 0.15) is 5.56 Å². The van der Waals surface area contributed by atoms with Gasteiger partial charge in [0.1, 0.15) is 16.5 Å². The fourth-order valence-electron chi connectivity index (χ4n) is 2.91. The van der Waals surface area contributed by atoms with Crippen molar-refractivity contribution in [3.05, 3.63) is 65.4 Å². The first-order valence-electron chi connectivity index (χ1n) is 8.35. The Bertz CT molecular complexity index is 1170. The van der Waals surface area contributed by atoms with E-state index in [0.29, 0.717) is 33.5 Å².